The van der Waals surface area contributed by atoms with E-state index in [0.29, 0.717) is 22.8 Å². The molecule has 31 heavy (non-hydrogen) atoms. The third-order valence-corrected chi connectivity index (χ3v) is 5.23. The molecule has 2 heterocycles. The Morgan fingerprint density at radius 1 is 1.16 bits per heavy atom. The molecule has 2 unspecified atom stereocenters. The monoisotopic (exact) mass is 440 g/mol. The summed E-state index contributed by atoms with van der Waals surface area (Å²) in [6.45, 7) is 1.10. The van der Waals surface area contributed by atoms with Gasteiger partial charge in [0, 0.05) is 30.9 Å². The number of carbonyl (C=O) groups is 3. The summed E-state index contributed by atoms with van der Waals surface area (Å²) in [6.07, 6.45) is -1.74. The van der Waals surface area contributed by atoms with Gasteiger partial charge in [-0.05, 0) is 29.4 Å². The van der Waals surface area contributed by atoms with Crippen molar-refractivity contribution in [2.45, 2.75) is 32.1 Å². The molecule has 11 heteroatoms. The number of rotatable bonds is 5. The van der Waals surface area contributed by atoms with E-state index in [0.717, 1.165) is 4.90 Å². The van der Waals surface area contributed by atoms with Crippen LogP contribution < -0.4 is 10.6 Å². The van der Waals surface area contributed by atoms with Gasteiger partial charge in [0.05, 0.1) is 6.54 Å². The van der Waals surface area contributed by atoms with Crippen molar-refractivity contribution in [1.29, 1.82) is 0 Å². The van der Waals surface area contributed by atoms with Gasteiger partial charge >= 0.3 is 12.1 Å². The smallest absolute Gasteiger partial charge is 0.350 e. The molecule has 1 aromatic carbocycles. The molecular weight excluding hydrogens is 420 g/mol. The number of carbonyl (C=O) groups excluding carboxylic acids is 3. The highest BCUT2D eigenvalue weighted by Gasteiger charge is 2.41. The molecule has 1 fully saturated rings. The minimum atomic E-state index is -5.10. The maximum absolute atomic E-state index is 13.9. The number of alkyl halides is 3. The molecule has 2 atom stereocenters. The Morgan fingerprint density at radius 3 is 2.61 bits per heavy atom. The van der Waals surface area contributed by atoms with Gasteiger partial charge < -0.3 is 15.5 Å². The molecule has 0 aliphatic carbocycles. The van der Waals surface area contributed by atoms with Crippen molar-refractivity contribution in [2.24, 2.45) is 5.92 Å². The molecule has 0 bridgehead atoms. The van der Waals surface area contributed by atoms with E-state index in [1.54, 1.807) is 13.0 Å². The van der Waals surface area contributed by atoms with Gasteiger partial charge in [-0.1, -0.05) is 19.1 Å². The van der Waals surface area contributed by atoms with Crippen LogP contribution in [0, 0.1) is 11.7 Å². The summed E-state index contributed by atoms with van der Waals surface area (Å²) in [7, 11) is 0. The molecule has 3 amide bonds. The van der Waals surface area contributed by atoms with E-state index in [9.17, 15) is 31.9 Å². The zero-order valence-electron chi connectivity index (χ0n) is 16.5. The number of benzene rings is 1. The first-order valence-corrected chi connectivity index (χ1v) is 9.53. The highest BCUT2D eigenvalue weighted by molar-refractivity contribution is 5.92. The molecule has 7 nitrogen and oxygen atoms in total. The molecule has 3 rings (SSSR count). The first-order valence-electron chi connectivity index (χ1n) is 9.53. The second-order valence-corrected chi connectivity index (χ2v) is 7.33. The summed E-state index contributed by atoms with van der Waals surface area (Å²) in [4.78, 5) is 41.2. The lowest BCUT2D eigenvalue weighted by atomic mass is 10.0. The van der Waals surface area contributed by atoms with Crippen LogP contribution in [0.15, 0.2) is 30.6 Å². The van der Waals surface area contributed by atoms with Crippen LogP contribution in [0.25, 0.3) is 10.8 Å². The summed E-state index contributed by atoms with van der Waals surface area (Å²) >= 11 is 0. The van der Waals surface area contributed by atoms with E-state index in [4.69, 9.17) is 0 Å². The first kappa shape index (κ1) is 22.4. The van der Waals surface area contributed by atoms with Crippen molar-refractivity contribution in [3.63, 3.8) is 0 Å². The predicted molar refractivity (Wildman–Crippen MR) is 102 cm³/mol. The molecule has 0 radical (unpaired) electrons. The molecule has 1 aliphatic heterocycles. The molecule has 0 saturated carbocycles. The van der Waals surface area contributed by atoms with Crippen molar-refractivity contribution in [3.05, 3.63) is 42.0 Å². The molecule has 1 aromatic heterocycles. The summed E-state index contributed by atoms with van der Waals surface area (Å²) in [5.41, 5.74) is 0.575. The quantitative estimate of drug-likeness (QED) is 0.695. The van der Waals surface area contributed by atoms with E-state index >= 15 is 0 Å². The lowest BCUT2D eigenvalue weighted by Crippen LogP contribution is -2.51. The lowest BCUT2D eigenvalue weighted by molar-refractivity contribution is -0.174. The minimum absolute atomic E-state index is 0.0304. The maximum atomic E-state index is 13.9. The Labute approximate surface area is 174 Å². The van der Waals surface area contributed by atoms with E-state index in [1.165, 1.54) is 29.8 Å². The van der Waals surface area contributed by atoms with Crippen LogP contribution in [0.2, 0.25) is 0 Å². The van der Waals surface area contributed by atoms with Crippen molar-refractivity contribution in [3.8, 4) is 0 Å². The van der Waals surface area contributed by atoms with Gasteiger partial charge in [-0.2, -0.15) is 13.2 Å². The van der Waals surface area contributed by atoms with Gasteiger partial charge in [0.1, 0.15) is 11.9 Å². The largest absolute Gasteiger partial charge is 0.471 e. The number of nitrogens with one attached hydrogen (secondary N) is 2. The summed E-state index contributed by atoms with van der Waals surface area (Å²) in [5, 5.41) is 5.11. The fraction of sp³-hybridized carbons (Fsp3) is 0.400. The number of nitrogens with zero attached hydrogens (tertiary/aromatic N) is 2. The number of pyridine rings is 1. The standard InChI is InChI=1S/C20H20F4N4O3/c1-11-5-6-28(16(29)10-27-19(31)20(22,23)24)17(11)18(30)26-8-12-7-25-9-14-13(12)3-2-4-15(14)21/h2-4,7,9,11,17H,5-6,8,10H2,1H3,(H,26,30)(H,27,31). The van der Waals surface area contributed by atoms with Gasteiger partial charge in [-0.15, -0.1) is 0 Å². The average Bonchev–Trinajstić information content (AvgIpc) is 3.11. The van der Waals surface area contributed by atoms with E-state index in [-0.39, 0.29) is 19.0 Å². The second-order valence-electron chi connectivity index (χ2n) is 7.33. The van der Waals surface area contributed by atoms with E-state index < -0.39 is 42.3 Å². The zero-order valence-corrected chi connectivity index (χ0v) is 16.5. The molecule has 0 spiro atoms. The normalized spacial score (nSPS) is 18.8. The van der Waals surface area contributed by atoms with Crippen molar-refractivity contribution in [1.82, 2.24) is 20.5 Å². The fourth-order valence-corrected chi connectivity index (χ4v) is 3.63. The number of hydrogen-bond acceptors (Lipinski definition) is 4. The van der Waals surface area contributed by atoms with Crippen LogP contribution in [0.3, 0.4) is 0 Å². The van der Waals surface area contributed by atoms with Crippen molar-refractivity contribution < 1.29 is 31.9 Å². The molecular formula is C20H20F4N4O3. The average molecular weight is 440 g/mol. The van der Waals surface area contributed by atoms with Crippen LogP contribution in [0.5, 0.6) is 0 Å². The summed E-state index contributed by atoms with van der Waals surface area (Å²) in [6, 6.07) is 3.64. The number of aromatic nitrogens is 1. The van der Waals surface area contributed by atoms with Gasteiger partial charge in [0.2, 0.25) is 11.8 Å². The third-order valence-electron chi connectivity index (χ3n) is 5.23. The van der Waals surface area contributed by atoms with Crippen LogP contribution in [-0.4, -0.2) is 52.9 Å². The highest BCUT2D eigenvalue weighted by atomic mass is 19.4. The van der Waals surface area contributed by atoms with Gasteiger partial charge in [0.25, 0.3) is 0 Å². The predicted octanol–water partition coefficient (Wildman–Crippen LogP) is 1.91. The zero-order chi connectivity index (χ0) is 22.8. The van der Waals surface area contributed by atoms with E-state index in [2.05, 4.69) is 10.3 Å². The molecule has 1 saturated heterocycles. The maximum Gasteiger partial charge on any atom is 0.471 e. The lowest BCUT2D eigenvalue weighted by Gasteiger charge is -2.26. The Hall–Kier alpha value is -3.24. The SMILES string of the molecule is CC1CCN(C(=O)CNC(=O)C(F)(F)F)C1C(=O)NCc1cncc2c(F)cccc12. The summed E-state index contributed by atoms with van der Waals surface area (Å²) in [5.74, 6) is -4.17. The van der Waals surface area contributed by atoms with Gasteiger partial charge in [0.15, 0.2) is 0 Å². The molecule has 2 N–H and O–H groups in total. The van der Waals surface area contributed by atoms with Crippen LogP contribution in [0.1, 0.15) is 18.9 Å². The number of hydrogen-bond donors (Lipinski definition) is 2. The number of likely N-dealkylation sites (tertiary alicyclic amines) is 1. The van der Waals surface area contributed by atoms with Crippen molar-refractivity contribution >= 4 is 28.5 Å². The van der Waals surface area contributed by atoms with Crippen LogP contribution >= 0.6 is 0 Å². The Balaban J connectivity index is 1.67. The van der Waals surface area contributed by atoms with Gasteiger partial charge in [-0.3, -0.25) is 19.4 Å². The van der Waals surface area contributed by atoms with Crippen molar-refractivity contribution in [2.75, 3.05) is 13.1 Å². The molecule has 1 aliphatic rings. The third kappa shape index (κ3) is 4.92. The molecule has 2 aromatic rings. The van der Waals surface area contributed by atoms with Crippen LogP contribution in [0.4, 0.5) is 17.6 Å². The highest BCUT2D eigenvalue weighted by Crippen LogP contribution is 2.25. The van der Waals surface area contributed by atoms with E-state index in [1.807, 2.05) is 0 Å². The minimum Gasteiger partial charge on any atom is -0.350 e. The Kier molecular flexibility index (Phi) is 6.42. The number of halogens is 4. The first-order chi connectivity index (χ1) is 14.6. The number of fused-ring (bicyclic) bond motifs is 1. The Bertz CT molecular complexity index is 1010. The number of amides is 3. The summed E-state index contributed by atoms with van der Waals surface area (Å²) < 4.78 is 50.9. The van der Waals surface area contributed by atoms with Gasteiger partial charge in [-0.25, -0.2) is 4.39 Å². The Morgan fingerprint density at radius 2 is 1.90 bits per heavy atom. The fourth-order valence-electron chi connectivity index (χ4n) is 3.63. The topological polar surface area (TPSA) is 91.4 Å². The van der Waals surface area contributed by atoms with Crippen LogP contribution in [-0.2, 0) is 20.9 Å². The second kappa shape index (κ2) is 8.86. The molecule has 166 valence electrons.